The Morgan fingerprint density at radius 1 is 1.26 bits per heavy atom. The Bertz CT molecular complexity index is 558. The third-order valence-electron chi connectivity index (χ3n) is 2.79. The lowest BCUT2D eigenvalue weighted by Gasteiger charge is -2.13. The van der Waals surface area contributed by atoms with Crippen LogP contribution in [0.3, 0.4) is 0 Å². The molecule has 2 rings (SSSR count). The fourth-order valence-corrected chi connectivity index (χ4v) is 1.87. The van der Waals surface area contributed by atoms with Gasteiger partial charge in [0.05, 0.1) is 0 Å². The van der Waals surface area contributed by atoms with Gasteiger partial charge in [0.15, 0.2) is 0 Å². The van der Waals surface area contributed by atoms with E-state index in [4.69, 9.17) is 16.3 Å². The number of hydrogen-bond acceptors (Lipinski definition) is 3. The molecule has 0 aliphatic carbocycles. The minimum atomic E-state index is 0.669. The van der Waals surface area contributed by atoms with E-state index < -0.39 is 0 Å². The minimum absolute atomic E-state index is 0.669. The molecule has 1 aromatic heterocycles. The second-order valence-corrected chi connectivity index (χ2v) is 4.71. The number of nitrogens with zero attached hydrogens (tertiary/aromatic N) is 1. The molecule has 0 bridgehead atoms. The lowest BCUT2D eigenvalue weighted by molar-refractivity contribution is 0.469. The highest BCUT2D eigenvalue weighted by atomic mass is 35.5. The highest BCUT2D eigenvalue weighted by molar-refractivity contribution is 6.30. The summed E-state index contributed by atoms with van der Waals surface area (Å²) < 4.78 is 5.95. The molecule has 0 atom stereocenters. The third kappa shape index (κ3) is 3.69. The van der Waals surface area contributed by atoms with Gasteiger partial charge >= 0.3 is 0 Å². The fourth-order valence-electron chi connectivity index (χ4n) is 1.71. The second-order valence-electron chi connectivity index (χ2n) is 4.28. The zero-order chi connectivity index (χ0) is 13.7. The number of nitrogens with one attached hydrogen (secondary N) is 1. The predicted molar refractivity (Wildman–Crippen MR) is 77.9 cm³/mol. The number of ether oxygens (including phenoxy) is 1. The topological polar surface area (TPSA) is 34.2 Å². The highest BCUT2D eigenvalue weighted by Crippen LogP contribution is 2.29. The molecule has 1 N–H and O–H groups in total. The van der Waals surface area contributed by atoms with Crippen molar-refractivity contribution in [1.82, 2.24) is 10.3 Å². The van der Waals surface area contributed by atoms with Crippen LogP contribution in [0.1, 0.15) is 18.1 Å². The van der Waals surface area contributed by atoms with E-state index in [0.717, 1.165) is 35.7 Å². The number of halogens is 1. The molecule has 0 aliphatic heterocycles. The zero-order valence-electron chi connectivity index (χ0n) is 11.1. The van der Waals surface area contributed by atoms with Crippen LogP contribution < -0.4 is 10.1 Å². The molecule has 100 valence electrons. The molecule has 0 radical (unpaired) electrons. The van der Waals surface area contributed by atoms with Crippen molar-refractivity contribution in [3.05, 3.63) is 52.8 Å². The average molecular weight is 277 g/mol. The Morgan fingerprint density at radius 3 is 2.89 bits per heavy atom. The van der Waals surface area contributed by atoms with Gasteiger partial charge in [-0.1, -0.05) is 24.6 Å². The summed E-state index contributed by atoms with van der Waals surface area (Å²) in [4.78, 5) is 4.13. The summed E-state index contributed by atoms with van der Waals surface area (Å²) in [5.41, 5.74) is 2.08. The number of hydrogen-bond donors (Lipinski definition) is 1. The SMILES string of the molecule is CCNCc1cnccc1Oc1cc(Cl)ccc1C. The first kappa shape index (κ1) is 13.8. The number of benzene rings is 1. The molecule has 0 saturated heterocycles. The summed E-state index contributed by atoms with van der Waals surface area (Å²) in [5, 5.41) is 3.94. The summed E-state index contributed by atoms with van der Waals surface area (Å²) in [5.74, 6) is 1.58. The van der Waals surface area contributed by atoms with Crippen LogP contribution in [-0.2, 0) is 6.54 Å². The van der Waals surface area contributed by atoms with Crippen molar-refractivity contribution < 1.29 is 4.74 Å². The third-order valence-corrected chi connectivity index (χ3v) is 3.03. The zero-order valence-corrected chi connectivity index (χ0v) is 11.9. The normalized spacial score (nSPS) is 10.5. The van der Waals surface area contributed by atoms with E-state index >= 15 is 0 Å². The molecule has 2 aromatic rings. The smallest absolute Gasteiger partial charge is 0.135 e. The van der Waals surface area contributed by atoms with Crippen LogP contribution in [0.15, 0.2) is 36.7 Å². The van der Waals surface area contributed by atoms with Gasteiger partial charge in [-0.2, -0.15) is 0 Å². The Balaban J connectivity index is 2.25. The molecule has 1 heterocycles. The minimum Gasteiger partial charge on any atom is -0.457 e. The lowest BCUT2D eigenvalue weighted by atomic mass is 10.2. The molecule has 0 saturated carbocycles. The Hall–Kier alpha value is -1.58. The summed E-state index contributed by atoms with van der Waals surface area (Å²) in [6.45, 7) is 5.71. The first-order valence-electron chi connectivity index (χ1n) is 6.28. The van der Waals surface area contributed by atoms with Crippen LogP contribution in [0, 0.1) is 6.92 Å². The largest absolute Gasteiger partial charge is 0.457 e. The van der Waals surface area contributed by atoms with Crippen LogP contribution in [0.5, 0.6) is 11.5 Å². The van der Waals surface area contributed by atoms with Gasteiger partial charge in [-0.3, -0.25) is 4.98 Å². The van der Waals surface area contributed by atoms with Crippen molar-refractivity contribution in [2.45, 2.75) is 20.4 Å². The van der Waals surface area contributed by atoms with Crippen molar-refractivity contribution in [3.8, 4) is 11.5 Å². The van der Waals surface area contributed by atoms with Crippen LogP contribution in [0.25, 0.3) is 0 Å². The van der Waals surface area contributed by atoms with Crippen molar-refractivity contribution in [2.75, 3.05) is 6.54 Å². The maximum atomic E-state index is 6.00. The quantitative estimate of drug-likeness (QED) is 0.898. The standard InChI is InChI=1S/C15H17ClN2O/c1-3-17-9-12-10-18-7-6-14(12)19-15-8-13(16)5-4-11(15)2/h4-8,10,17H,3,9H2,1-2H3. The monoisotopic (exact) mass is 276 g/mol. The molecule has 0 fully saturated rings. The molecule has 0 aliphatic rings. The summed E-state index contributed by atoms with van der Waals surface area (Å²) >= 11 is 6.00. The maximum Gasteiger partial charge on any atom is 0.135 e. The van der Waals surface area contributed by atoms with E-state index in [1.807, 2.05) is 37.4 Å². The number of pyridine rings is 1. The molecule has 4 heteroatoms. The van der Waals surface area contributed by atoms with E-state index in [9.17, 15) is 0 Å². The lowest BCUT2D eigenvalue weighted by Crippen LogP contribution is -2.12. The van der Waals surface area contributed by atoms with Crippen molar-refractivity contribution in [1.29, 1.82) is 0 Å². The highest BCUT2D eigenvalue weighted by Gasteiger charge is 2.07. The second kappa shape index (κ2) is 6.55. The van der Waals surface area contributed by atoms with Crippen molar-refractivity contribution >= 4 is 11.6 Å². The Morgan fingerprint density at radius 2 is 2.11 bits per heavy atom. The van der Waals surface area contributed by atoms with Gasteiger partial charge in [0.2, 0.25) is 0 Å². The van der Waals surface area contributed by atoms with E-state index in [1.54, 1.807) is 6.20 Å². The van der Waals surface area contributed by atoms with Crippen LogP contribution in [0.2, 0.25) is 5.02 Å². The van der Waals surface area contributed by atoms with Crippen molar-refractivity contribution in [3.63, 3.8) is 0 Å². The fraction of sp³-hybridized carbons (Fsp3) is 0.267. The van der Waals surface area contributed by atoms with Gasteiger partial charge in [-0.05, 0) is 37.2 Å². The van der Waals surface area contributed by atoms with Gasteiger partial charge in [-0.15, -0.1) is 0 Å². The summed E-state index contributed by atoms with van der Waals surface area (Å²) in [6, 6.07) is 7.50. The van der Waals surface area contributed by atoms with E-state index in [-0.39, 0.29) is 0 Å². The number of rotatable bonds is 5. The van der Waals surface area contributed by atoms with E-state index in [2.05, 4.69) is 17.2 Å². The van der Waals surface area contributed by atoms with E-state index in [0.29, 0.717) is 5.02 Å². The van der Waals surface area contributed by atoms with E-state index in [1.165, 1.54) is 0 Å². The average Bonchev–Trinajstić information content (AvgIpc) is 2.42. The van der Waals surface area contributed by atoms with Crippen LogP contribution in [0.4, 0.5) is 0 Å². The predicted octanol–water partition coefficient (Wildman–Crippen LogP) is 3.95. The maximum absolute atomic E-state index is 6.00. The first-order chi connectivity index (χ1) is 9.20. The Kier molecular flexibility index (Phi) is 4.77. The van der Waals surface area contributed by atoms with Crippen molar-refractivity contribution in [2.24, 2.45) is 0 Å². The molecule has 1 aromatic carbocycles. The molecular formula is C15H17ClN2O. The Labute approximate surface area is 118 Å². The van der Waals surface area contributed by atoms with Gasteiger partial charge in [-0.25, -0.2) is 0 Å². The molecular weight excluding hydrogens is 260 g/mol. The number of aromatic nitrogens is 1. The summed E-state index contributed by atoms with van der Waals surface area (Å²) in [7, 11) is 0. The van der Waals surface area contributed by atoms with Gasteiger partial charge in [0, 0.05) is 29.5 Å². The number of aryl methyl sites for hydroxylation is 1. The van der Waals surface area contributed by atoms with Crippen LogP contribution in [-0.4, -0.2) is 11.5 Å². The molecule has 19 heavy (non-hydrogen) atoms. The molecule has 0 amide bonds. The van der Waals surface area contributed by atoms with Crippen LogP contribution >= 0.6 is 11.6 Å². The molecule has 0 unspecified atom stereocenters. The van der Waals surface area contributed by atoms with Gasteiger partial charge in [0.1, 0.15) is 11.5 Å². The molecule has 0 spiro atoms. The van der Waals surface area contributed by atoms with Gasteiger partial charge < -0.3 is 10.1 Å². The molecule has 3 nitrogen and oxygen atoms in total. The first-order valence-corrected chi connectivity index (χ1v) is 6.66. The summed E-state index contributed by atoms with van der Waals surface area (Å²) in [6.07, 6.45) is 3.54. The van der Waals surface area contributed by atoms with Gasteiger partial charge in [0.25, 0.3) is 0 Å².